The Morgan fingerprint density at radius 3 is 2.60 bits per heavy atom. The summed E-state index contributed by atoms with van der Waals surface area (Å²) in [5.74, 6) is 0.423. The summed E-state index contributed by atoms with van der Waals surface area (Å²) in [5, 5.41) is 3.61. The summed E-state index contributed by atoms with van der Waals surface area (Å²) in [7, 11) is -3.52. The zero-order valence-electron chi connectivity index (χ0n) is 14.3. The third kappa shape index (κ3) is 3.18. The fourth-order valence-electron chi connectivity index (χ4n) is 3.31. The zero-order valence-corrected chi connectivity index (χ0v) is 15.1. The molecule has 25 heavy (non-hydrogen) atoms. The van der Waals surface area contributed by atoms with E-state index in [1.54, 1.807) is 28.7 Å². The van der Waals surface area contributed by atoms with E-state index in [1.807, 2.05) is 0 Å². The van der Waals surface area contributed by atoms with Crippen molar-refractivity contribution in [3.8, 4) is 0 Å². The minimum absolute atomic E-state index is 0.143. The molecule has 4 rings (SSSR count). The highest BCUT2D eigenvalue weighted by atomic mass is 32.2. The van der Waals surface area contributed by atoms with Crippen molar-refractivity contribution in [1.29, 1.82) is 0 Å². The smallest absolute Gasteiger partial charge is 0.253 e. The number of sulfonamides is 1. The molecule has 1 aliphatic carbocycles. The molecule has 2 N–H and O–H groups in total. The largest absolute Gasteiger partial charge is 0.360 e. The number of aromatic amines is 1. The van der Waals surface area contributed by atoms with Crippen LogP contribution in [-0.2, 0) is 10.0 Å². The summed E-state index contributed by atoms with van der Waals surface area (Å²) in [6.07, 6.45) is 5.46. The van der Waals surface area contributed by atoms with E-state index < -0.39 is 10.0 Å². The molecule has 2 aliphatic rings. The molecule has 2 aromatic rings. The average Bonchev–Trinajstić information content (AvgIpc) is 3.30. The lowest BCUT2D eigenvalue weighted by Crippen LogP contribution is -2.37. The first kappa shape index (κ1) is 16.6. The normalized spacial score (nSPS) is 20.0. The van der Waals surface area contributed by atoms with Gasteiger partial charge in [-0.25, -0.2) is 8.42 Å². The number of H-pyrrole nitrogens is 1. The Labute approximate surface area is 147 Å². The second-order valence-corrected chi connectivity index (χ2v) is 9.18. The van der Waals surface area contributed by atoms with Gasteiger partial charge in [0.2, 0.25) is 10.0 Å². The van der Waals surface area contributed by atoms with Crippen LogP contribution in [0.5, 0.6) is 0 Å². The molecule has 0 atom stereocenters. The molecule has 1 aromatic heterocycles. The van der Waals surface area contributed by atoms with Crippen LogP contribution in [0.2, 0.25) is 0 Å². The lowest BCUT2D eigenvalue weighted by atomic mass is 10.0. The van der Waals surface area contributed by atoms with Crippen LogP contribution in [0.4, 0.5) is 0 Å². The molecule has 2 heterocycles. The summed E-state index contributed by atoms with van der Waals surface area (Å²) in [6, 6.07) is 5.25. The second-order valence-electron chi connectivity index (χ2n) is 7.24. The molecular formula is C18H23N3O3S. The summed E-state index contributed by atoms with van der Waals surface area (Å²) >= 11 is 0. The van der Waals surface area contributed by atoms with Crippen LogP contribution in [0.1, 0.15) is 43.0 Å². The number of aromatic nitrogens is 1. The Kier molecular flexibility index (Phi) is 4.08. The SMILES string of the molecule is CC1CCN(S(=O)(=O)c2ccc3[nH]cc(C(=O)NC4CC4)c3c2)CC1. The van der Waals surface area contributed by atoms with Gasteiger partial charge in [0.25, 0.3) is 5.91 Å². The second kappa shape index (κ2) is 6.14. The number of nitrogens with one attached hydrogen (secondary N) is 2. The number of piperidine rings is 1. The van der Waals surface area contributed by atoms with E-state index in [-0.39, 0.29) is 16.8 Å². The lowest BCUT2D eigenvalue weighted by molar-refractivity contribution is 0.0952. The predicted molar refractivity (Wildman–Crippen MR) is 95.9 cm³/mol. The Hall–Kier alpha value is -1.86. The van der Waals surface area contributed by atoms with Gasteiger partial charge in [0.05, 0.1) is 10.5 Å². The minimum atomic E-state index is -3.52. The van der Waals surface area contributed by atoms with Gasteiger partial charge in [-0.05, 0) is 49.8 Å². The van der Waals surface area contributed by atoms with Gasteiger partial charge < -0.3 is 10.3 Å². The molecule has 1 saturated carbocycles. The number of hydrogen-bond acceptors (Lipinski definition) is 3. The van der Waals surface area contributed by atoms with Crippen molar-refractivity contribution in [2.75, 3.05) is 13.1 Å². The topological polar surface area (TPSA) is 82.3 Å². The number of carbonyl (C=O) groups excluding carboxylic acids is 1. The van der Waals surface area contributed by atoms with E-state index in [4.69, 9.17) is 0 Å². The number of carbonyl (C=O) groups is 1. The number of hydrogen-bond donors (Lipinski definition) is 2. The predicted octanol–water partition coefficient (Wildman–Crippen LogP) is 2.48. The summed E-state index contributed by atoms with van der Waals surface area (Å²) in [4.78, 5) is 15.7. The van der Waals surface area contributed by atoms with Gasteiger partial charge in [0.1, 0.15) is 0 Å². The molecule has 6 nitrogen and oxygen atoms in total. The van der Waals surface area contributed by atoms with Crippen LogP contribution in [0.25, 0.3) is 10.9 Å². The summed E-state index contributed by atoms with van der Waals surface area (Å²) < 4.78 is 27.4. The van der Waals surface area contributed by atoms with Crippen molar-refractivity contribution in [2.45, 2.75) is 43.5 Å². The number of fused-ring (bicyclic) bond motifs is 1. The molecule has 0 bridgehead atoms. The molecule has 0 spiro atoms. The maximum atomic E-state index is 12.9. The Bertz CT molecular complexity index is 907. The monoisotopic (exact) mass is 361 g/mol. The number of rotatable bonds is 4. The van der Waals surface area contributed by atoms with E-state index in [0.29, 0.717) is 30.0 Å². The van der Waals surface area contributed by atoms with Crippen molar-refractivity contribution >= 4 is 26.8 Å². The third-order valence-electron chi connectivity index (χ3n) is 5.19. The first-order chi connectivity index (χ1) is 11.9. The average molecular weight is 361 g/mol. The number of nitrogens with zero attached hydrogens (tertiary/aromatic N) is 1. The van der Waals surface area contributed by atoms with Crippen molar-refractivity contribution in [3.63, 3.8) is 0 Å². The van der Waals surface area contributed by atoms with Crippen molar-refractivity contribution in [2.24, 2.45) is 5.92 Å². The van der Waals surface area contributed by atoms with Gasteiger partial charge in [0.15, 0.2) is 0 Å². The first-order valence-corrected chi connectivity index (χ1v) is 10.3. The molecule has 1 saturated heterocycles. The van der Waals surface area contributed by atoms with Gasteiger partial charge in [-0.15, -0.1) is 0 Å². The molecule has 2 fully saturated rings. The molecule has 134 valence electrons. The quantitative estimate of drug-likeness (QED) is 0.878. The fourth-order valence-corrected chi connectivity index (χ4v) is 4.81. The Balaban J connectivity index is 1.66. The molecule has 1 amide bonds. The lowest BCUT2D eigenvalue weighted by Gasteiger charge is -2.29. The number of amides is 1. The van der Waals surface area contributed by atoms with E-state index >= 15 is 0 Å². The van der Waals surface area contributed by atoms with E-state index in [9.17, 15) is 13.2 Å². The standard InChI is InChI=1S/C18H23N3O3S/c1-12-6-8-21(9-7-12)25(23,24)14-4-5-17-15(10-14)16(11-19-17)18(22)20-13-2-3-13/h4-5,10-13,19H,2-3,6-9H2,1H3,(H,20,22). The highest BCUT2D eigenvalue weighted by molar-refractivity contribution is 7.89. The van der Waals surface area contributed by atoms with Crippen LogP contribution in [-0.4, -0.2) is 42.7 Å². The maximum absolute atomic E-state index is 12.9. The van der Waals surface area contributed by atoms with Crippen molar-refractivity contribution < 1.29 is 13.2 Å². The van der Waals surface area contributed by atoms with E-state index in [1.165, 1.54) is 0 Å². The summed E-state index contributed by atoms with van der Waals surface area (Å²) in [6.45, 7) is 3.27. The fraction of sp³-hybridized carbons (Fsp3) is 0.500. The van der Waals surface area contributed by atoms with Crippen LogP contribution in [0.15, 0.2) is 29.3 Å². The van der Waals surface area contributed by atoms with Gasteiger partial charge in [0, 0.05) is 36.2 Å². The minimum Gasteiger partial charge on any atom is -0.360 e. The van der Waals surface area contributed by atoms with Crippen molar-refractivity contribution in [3.05, 3.63) is 30.0 Å². The highest BCUT2D eigenvalue weighted by Crippen LogP contribution is 2.28. The van der Waals surface area contributed by atoms with Gasteiger partial charge >= 0.3 is 0 Å². The highest BCUT2D eigenvalue weighted by Gasteiger charge is 2.29. The van der Waals surface area contributed by atoms with Gasteiger partial charge in [-0.1, -0.05) is 6.92 Å². The van der Waals surface area contributed by atoms with Crippen LogP contribution < -0.4 is 5.32 Å². The van der Waals surface area contributed by atoms with E-state index in [2.05, 4.69) is 17.2 Å². The molecule has 0 radical (unpaired) electrons. The molecule has 1 aromatic carbocycles. The zero-order chi connectivity index (χ0) is 17.6. The Morgan fingerprint density at radius 1 is 1.20 bits per heavy atom. The third-order valence-corrected chi connectivity index (χ3v) is 7.09. The van der Waals surface area contributed by atoms with Crippen LogP contribution in [0, 0.1) is 5.92 Å². The number of benzene rings is 1. The molecule has 7 heteroatoms. The van der Waals surface area contributed by atoms with Crippen LogP contribution >= 0.6 is 0 Å². The molecular weight excluding hydrogens is 338 g/mol. The molecule has 0 unspecified atom stereocenters. The van der Waals surface area contributed by atoms with Crippen molar-refractivity contribution in [1.82, 2.24) is 14.6 Å². The van der Waals surface area contributed by atoms with Crippen LogP contribution in [0.3, 0.4) is 0 Å². The van der Waals surface area contributed by atoms with E-state index in [0.717, 1.165) is 31.2 Å². The summed E-state index contributed by atoms with van der Waals surface area (Å²) in [5.41, 5.74) is 1.28. The maximum Gasteiger partial charge on any atom is 0.253 e. The Morgan fingerprint density at radius 2 is 1.92 bits per heavy atom. The first-order valence-electron chi connectivity index (χ1n) is 8.87. The molecule has 1 aliphatic heterocycles. The van der Waals surface area contributed by atoms with Gasteiger partial charge in [-0.3, -0.25) is 4.79 Å². The van der Waals surface area contributed by atoms with Gasteiger partial charge in [-0.2, -0.15) is 4.31 Å².